The maximum Gasteiger partial charge on any atom is 0.0755 e. The van der Waals surface area contributed by atoms with E-state index in [1.165, 1.54) is 0 Å². The maximum absolute atomic E-state index is 9.09. The molecule has 1 fully saturated rings. The third-order valence-corrected chi connectivity index (χ3v) is 3.47. The molecule has 4 heteroatoms. The van der Waals surface area contributed by atoms with Crippen LogP contribution in [0.3, 0.4) is 0 Å². The van der Waals surface area contributed by atoms with Gasteiger partial charge in [0.1, 0.15) is 0 Å². The molecule has 2 heterocycles. The number of piperidine rings is 1. The van der Waals surface area contributed by atoms with Crippen molar-refractivity contribution >= 4 is 0 Å². The largest absolute Gasteiger partial charge is 0.396 e. The first kappa shape index (κ1) is 11.5. The van der Waals surface area contributed by atoms with E-state index in [9.17, 15) is 0 Å². The van der Waals surface area contributed by atoms with Gasteiger partial charge in [-0.05, 0) is 38.8 Å². The number of hydrogen-bond acceptors (Lipinski definition) is 4. The molecule has 1 atom stereocenters. The minimum Gasteiger partial charge on any atom is -0.396 e. The van der Waals surface area contributed by atoms with Gasteiger partial charge in [0.15, 0.2) is 0 Å². The average molecular weight is 221 g/mol. The number of nitrogens with zero attached hydrogens (tertiary/aromatic N) is 3. The van der Waals surface area contributed by atoms with Gasteiger partial charge in [0, 0.05) is 25.2 Å². The molecule has 88 valence electrons. The average Bonchev–Trinajstić information content (AvgIpc) is 2.39. The molecule has 0 unspecified atom stereocenters. The van der Waals surface area contributed by atoms with Crippen LogP contribution >= 0.6 is 0 Å². The minimum atomic E-state index is 0.327. The second-order valence-corrected chi connectivity index (χ2v) is 4.47. The van der Waals surface area contributed by atoms with Gasteiger partial charge in [-0.15, -0.1) is 0 Å². The molecule has 4 nitrogen and oxygen atoms in total. The van der Waals surface area contributed by atoms with Crippen LogP contribution in [0, 0.1) is 5.92 Å². The predicted molar refractivity (Wildman–Crippen MR) is 61.8 cm³/mol. The Hall–Kier alpha value is -1.00. The second-order valence-electron chi connectivity index (χ2n) is 4.47. The van der Waals surface area contributed by atoms with Gasteiger partial charge in [-0.3, -0.25) is 14.9 Å². The van der Waals surface area contributed by atoms with Crippen LogP contribution in [0.2, 0.25) is 0 Å². The molecule has 1 aromatic heterocycles. The molecular weight excluding hydrogens is 202 g/mol. The lowest BCUT2D eigenvalue weighted by Crippen LogP contribution is -2.36. The number of hydrogen-bond donors (Lipinski definition) is 1. The van der Waals surface area contributed by atoms with E-state index in [0.29, 0.717) is 18.6 Å². The van der Waals surface area contributed by atoms with Gasteiger partial charge >= 0.3 is 0 Å². The smallest absolute Gasteiger partial charge is 0.0755 e. The van der Waals surface area contributed by atoms with Gasteiger partial charge in [-0.25, -0.2) is 0 Å². The summed E-state index contributed by atoms with van der Waals surface area (Å²) in [5.74, 6) is 0.491. The van der Waals surface area contributed by atoms with E-state index in [1.54, 1.807) is 12.4 Å². The van der Waals surface area contributed by atoms with E-state index >= 15 is 0 Å². The number of likely N-dealkylation sites (tertiary alicyclic amines) is 1. The van der Waals surface area contributed by atoms with Gasteiger partial charge in [-0.2, -0.15) is 0 Å². The van der Waals surface area contributed by atoms with Crippen molar-refractivity contribution in [3.05, 3.63) is 24.3 Å². The molecule has 1 aromatic rings. The Labute approximate surface area is 96.3 Å². The Balaban J connectivity index is 1.94. The van der Waals surface area contributed by atoms with E-state index in [4.69, 9.17) is 5.11 Å². The van der Waals surface area contributed by atoms with E-state index < -0.39 is 0 Å². The monoisotopic (exact) mass is 221 g/mol. The number of aliphatic hydroxyl groups excluding tert-OH is 1. The van der Waals surface area contributed by atoms with Crippen LogP contribution < -0.4 is 0 Å². The third-order valence-electron chi connectivity index (χ3n) is 3.47. The number of aliphatic hydroxyl groups is 1. The molecule has 0 radical (unpaired) electrons. The first-order valence-corrected chi connectivity index (χ1v) is 5.92. The van der Waals surface area contributed by atoms with Gasteiger partial charge in [0.05, 0.1) is 11.7 Å². The Morgan fingerprint density at radius 3 is 2.75 bits per heavy atom. The molecule has 0 aromatic carbocycles. The summed E-state index contributed by atoms with van der Waals surface area (Å²) in [7, 11) is 0. The topological polar surface area (TPSA) is 49.2 Å². The quantitative estimate of drug-likeness (QED) is 0.834. The summed E-state index contributed by atoms with van der Waals surface area (Å²) >= 11 is 0. The molecule has 1 N–H and O–H groups in total. The Bertz CT molecular complexity index is 309. The normalized spacial score (nSPS) is 20.9. The zero-order valence-electron chi connectivity index (χ0n) is 9.71. The third kappa shape index (κ3) is 2.57. The van der Waals surface area contributed by atoms with Crippen molar-refractivity contribution in [2.75, 3.05) is 19.7 Å². The molecule has 2 rings (SSSR count). The van der Waals surface area contributed by atoms with Crippen molar-refractivity contribution < 1.29 is 5.11 Å². The lowest BCUT2D eigenvalue weighted by Gasteiger charge is -2.35. The highest BCUT2D eigenvalue weighted by molar-refractivity contribution is 5.01. The molecule has 1 aliphatic heterocycles. The predicted octanol–water partition coefficient (Wildman–Crippen LogP) is 1.24. The highest BCUT2D eigenvalue weighted by Crippen LogP contribution is 2.24. The summed E-state index contributed by atoms with van der Waals surface area (Å²) in [6.07, 6.45) is 7.45. The molecule has 0 amide bonds. The van der Waals surface area contributed by atoms with Gasteiger partial charge < -0.3 is 5.11 Å². The van der Waals surface area contributed by atoms with E-state index in [-0.39, 0.29) is 0 Å². The van der Waals surface area contributed by atoms with Crippen LogP contribution in [0.5, 0.6) is 0 Å². The number of rotatable bonds is 3. The van der Waals surface area contributed by atoms with Crippen molar-refractivity contribution in [3.8, 4) is 0 Å². The Kier molecular flexibility index (Phi) is 3.85. The molecule has 0 aliphatic carbocycles. The van der Waals surface area contributed by atoms with Crippen LogP contribution in [0.25, 0.3) is 0 Å². The van der Waals surface area contributed by atoms with Crippen LogP contribution in [-0.2, 0) is 0 Å². The fourth-order valence-electron chi connectivity index (χ4n) is 2.24. The van der Waals surface area contributed by atoms with Gasteiger partial charge in [-0.1, -0.05) is 0 Å². The molecule has 1 aliphatic rings. The van der Waals surface area contributed by atoms with Crippen LogP contribution in [-0.4, -0.2) is 39.7 Å². The first-order chi connectivity index (χ1) is 7.81. The zero-order chi connectivity index (χ0) is 11.4. The standard InChI is InChI=1S/C12H19N3O/c1-10(12-8-13-4-5-14-12)15-6-2-11(9-16)3-7-15/h4-5,8,10-11,16H,2-3,6-7,9H2,1H3/t10-/m0/s1. The van der Waals surface area contributed by atoms with Crippen LogP contribution in [0.1, 0.15) is 31.5 Å². The zero-order valence-corrected chi connectivity index (χ0v) is 9.71. The maximum atomic E-state index is 9.09. The van der Waals surface area contributed by atoms with Crippen molar-refractivity contribution in [2.45, 2.75) is 25.8 Å². The lowest BCUT2D eigenvalue weighted by molar-refractivity contribution is 0.104. The summed E-state index contributed by atoms with van der Waals surface area (Å²) in [6, 6.07) is 0.327. The van der Waals surface area contributed by atoms with Gasteiger partial charge in [0.25, 0.3) is 0 Å². The summed E-state index contributed by atoms with van der Waals surface area (Å²) in [4.78, 5) is 10.9. The van der Waals surface area contributed by atoms with Crippen LogP contribution in [0.4, 0.5) is 0 Å². The highest BCUT2D eigenvalue weighted by atomic mass is 16.3. The van der Waals surface area contributed by atoms with Crippen molar-refractivity contribution in [2.24, 2.45) is 5.92 Å². The van der Waals surface area contributed by atoms with E-state index in [1.807, 2.05) is 6.20 Å². The molecule has 0 saturated carbocycles. The van der Waals surface area contributed by atoms with E-state index in [0.717, 1.165) is 31.6 Å². The highest BCUT2D eigenvalue weighted by Gasteiger charge is 2.23. The molecule has 0 spiro atoms. The Morgan fingerprint density at radius 2 is 2.19 bits per heavy atom. The first-order valence-electron chi connectivity index (χ1n) is 5.92. The van der Waals surface area contributed by atoms with Crippen LogP contribution in [0.15, 0.2) is 18.6 Å². The lowest BCUT2D eigenvalue weighted by atomic mass is 9.96. The fourth-order valence-corrected chi connectivity index (χ4v) is 2.24. The number of aromatic nitrogens is 2. The van der Waals surface area contributed by atoms with Crippen molar-refractivity contribution in [3.63, 3.8) is 0 Å². The molecule has 16 heavy (non-hydrogen) atoms. The van der Waals surface area contributed by atoms with Gasteiger partial charge in [0.2, 0.25) is 0 Å². The summed E-state index contributed by atoms with van der Waals surface area (Å²) in [6.45, 7) is 4.59. The second kappa shape index (κ2) is 5.37. The SMILES string of the molecule is C[C@@H](c1cnccn1)N1CCC(CO)CC1. The van der Waals surface area contributed by atoms with Crippen molar-refractivity contribution in [1.82, 2.24) is 14.9 Å². The minimum absolute atomic E-state index is 0.327. The fraction of sp³-hybridized carbons (Fsp3) is 0.667. The van der Waals surface area contributed by atoms with Crippen molar-refractivity contribution in [1.29, 1.82) is 0 Å². The summed E-state index contributed by atoms with van der Waals surface area (Å²) in [5.41, 5.74) is 1.03. The molecule has 1 saturated heterocycles. The summed E-state index contributed by atoms with van der Waals surface area (Å²) < 4.78 is 0. The molecular formula is C12H19N3O. The summed E-state index contributed by atoms with van der Waals surface area (Å²) in [5, 5.41) is 9.09. The molecule has 0 bridgehead atoms. The Morgan fingerprint density at radius 1 is 1.44 bits per heavy atom. The van der Waals surface area contributed by atoms with E-state index in [2.05, 4.69) is 21.8 Å².